The van der Waals surface area contributed by atoms with Gasteiger partial charge >= 0.3 is 0 Å². The van der Waals surface area contributed by atoms with Gasteiger partial charge in [-0.25, -0.2) is 10.9 Å². The molecule has 2 atom stereocenters. The van der Waals surface area contributed by atoms with Crippen molar-refractivity contribution >= 4 is 11.8 Å². The third-order valence-corrected chi connectivity index (χ3v) is 4.70. The second-order valence-corrected chi connectivity index (χ2v) is 6.22. The maximum Gasteiger partial charge on any atom is 0.0936 e. The van der Waals surface area contributed by atoms with Crippen molar-refractivity contribution < 1.29 is 0 Å². The van der Waals surface area contributed by atoms with Crippen molar-refractivity contribution in [1.29, 1.82) is 0 Å². The fourth-order valence-electron chi connectivity index (χ4n) is 2.16. The summed E-state index contributed by atoms with van der Waals surface area (Å²) in [5.74, 6) is 0. The Morgan fingerprint density at radius 1 is 0.684 bits per heavy atom. The summed E-state index contributed by atoms with van der Waals surface area (Å²) in [4.78, 5) is 0. The van der Waals surface area contributed by atoms with E-state index in [1.165, 1.54) is 22.3 Å². The lowest BCUT2D eigenvalue weighted by molar-refractivity contribution is 0.555. The Labute approximate surface area is 118 Å². The van der Waals surface area contributed by atoms with Crippen LogP contribution < -0.4 is 10.9 Å². The summed E-state index contributed by atoms with van der Waals surface area (Å²) < 4.78 is 0. The SMILES string of the molecule is Cc1ccc(C2NNC(c3ccc(C)cc3)S2)cc1. The van der Waals surface area contributed by atoms with Crippen LogP contribution in [0.1, 0.15) is 33.0 Å². The summed E-state index contributed by atoms with van der Waals surface area (Å²) >= 11 is 1.91. The predicted octanol–water partition coefficient (Wildman–Crippen LogP) is 3.84. The minimum absolute atomic E-state index is 0.312. The smallest absolute Gasteiger partial charge is 0.0936 e. The van der Waals surface area contributed by atoms with Crippen molar-refractivity contribution in [3.8, 4) is 0 Å². The molecule has 0 spiro atoms. The van der Waals surface area contributed by atoms with Gasteiger partial charge in [-0.15, -0.1) is 11.8 Å². The van der Waals surface area contributed by atoms with Gasteiger partial charge in [0.2, 0.25) is 0 Å². The molecule has 1 aliphatic heterocycles. The second kappa shape index (κ2) is 5.37. The number of benzene rings is 2. The number of hydrogen-bond acceptors (Lipinski definition) is 3. The molecule has 2 N–H and O–H groups in total. The van der Waals surface area contributed by atoms with Gasteiger partial charge in [-0.3, -0.25) is 0 Å². The van der Waals surface area contributed by atoms with E-state index >= 15 is 0 Å². The molecular formula is C16H18N2S. The Kier molecular flexibility index (Phi) is 3.60. The van der Waals surface area contributed by atoms with Crippen LogP contribution in [0.15, 0.2) is 48.5 Å². The van der Waals surface area contributed by atoms with Crippen molar-refractivity contribution in [2.75, 3.05) is 0 Å². The Hall–Kier alpha value is -1.29. The molecule has 2 aromatic carbocycles. The van der Waals surface area contributed by atoms with E-state index in [0.717, 1.165) is 0 Å². The van der Waals surface area contributed by atoms with Crippen LogP contribution in [0, 0.1) is 13.8 Å². The molecule has 1 saturated heterocycles. The van der Waals surface area contributed by atoms with E-state index in [-0.39, 0.29) is 0 Å². The van der Waals surface area contributed by atoms with Crippen LogP contribution in [0.4, 0.5) is 0 Å². The minimum Gasteiger partial charge on any atom is -0.239 e. The molecule has 0 saturated carbocycles. The Morgan fingerprint density at radius 2 is 1.05 bits per heavy atom. The van der Waals surface area contributed by atoms with E-state index in [0.29, 0.717) is 10.7 Å². The van der Waals surface area contributed by atoms with Gasteiger partial charge < -0.3 is 0 Å². The molecule has 0 bridgehead atoms. The maximum atomic E-state index is 3.37. The van der Waals surface area contributed by atoms with E-state index in [1.54, 1.807) is 0 Å². The van der Waals surface area contributed by atoms with Crippen LogP contribution in [-0.2, 0) is 0 Å². The number of nitrogens with one attached hydrogen (secondary N) is 2. The van der Waals surface area contributed by atoms with Crippen LogP contribution in [0.3, 0.4) is 0 Å². The quantitative estimate of drug-likeness (QED) is 0.867. The zero-order valence-electron chi connectivity index (χ0n) is 11.2. The lowest BCUT2D eigenvalue weighted by atomic mass is 10.1. The molecule has 0 radical (unpaired) electrons. The first-order chi connectivity index (χ1) is 9.22. The standard InChI is InChI=1S/C16H18N2S/c1-11-3-7-13(8-4-11)15-17-18-16(19-15)14-9-5-12(2)6-10-14/h3-10,15-18H,1-2H3. The molecule has 0 aliphatic carbocycles. The summed E-state index contributed by atoms with van der Waals surface area (Å²) in [5.41, 5.74) is 12.0. The van der Waals surface area contributed by atoms with Crippen LogP contribution in [0.2, 0.25) is 0 Å². The summed E-state index contributed by atoms with van der Waals surface area (Å²) in [6, 6.07) is 17.4. The summed E-state index contributed by atoms with van der Waals surface area (Å²) in [6.45, 7) is 4.23. The van der Waals surface area contributed by atoms with E-state index in [4.69, 9.17) is 0 Å². The molecule has 2 aromatic rings. The van der Waals surface area contributed by atoms with Crippen molar-refractivity contribution in [2.24, 2.45) is 0 Å². The van der Waals surface area contributed by atoms with E-state index in [2.05, 4.69) is 73.2 Å². The van der Waals surface area contributed by atoms with Crippen LogP contribution in [-0.4, -0.2) is 0 Å². The van der Waals surface area contributed by atoms with Gasteiger partial charge in [0.25, 0.3) is 0 Å². The van der Waals surface area contributed by atoms with Crippen LogP contribution >= 0.6 is 11.8 Å². The predicted molar refractivity (Wildman–Crippen MR) is 81.7 cm³/mol. The van der Waals surface area contributed by atoms with Crippen molar-refractivity contribution in [2.45, 2.75) is 24.6 Å². The number of rotatable bonds is 2. The maximum absolute atomic E-state index is 3.37. The van der Waals surface area contributed by atoms with Gasteiger partial charge in [-0.1, -0.05) is 59.7 Å². The zero-order chi connectivity index (χ0) is 13.2. The Morgan fingerprint density at radius 3 is 1.42 bits per heavy atom. The molecule has 1 aliphatic rings. The van der Waals surface area contributed by atoms with Crippen molar-refractivity contribution in [3.05, 3.63) is 70.8 Å². The first kappa shape index (κ1) is 12.7. The Bertz CT molecular complexity index is 496. The van der Waals surface area contributed by atoms with Gasteiger partial charge in [-0.2, -0.15) is 0 Å². The number of hydrazine groups is 1. The molecular weight excluding hydrogens is 252 g/mol. The molecule has 1 heterocycles. The largest absolute Gasteiger partial charge is 0.239 e. The molecule has 98 valence electrons. The first-order valence-corrected chi connectivity index (χ1v) is 7.46. The van der Waals surface area contributed by atoms with E-state index < -0.39 is 0 Å². The average Bonchev–Trinajstić information content (AvgIpc) is 2.90. The highest BCUT2D eigenvalue weighted by Gasteiger charge is 2.26. The fourth-order valence-corrected chi connectivity index (χ4v) is 3.33. The molecule has 3 rings (SSSR count). The third kappa shape index (κ3) is 2.84. The zero-order valence-corrected chi connectivity index (χ0v) is 12.0. The monoisotopic (exact) mass is 270 g/mol. The minimum atomic E-state index is 0.312. The van der Waals surface area contributed by atoms with Crippen molar-refractivity contribution in [1.82, 2.24) is 10.9 Å². The van der Waals surface area contributed by atoms with Crippen LogP contribution in [0.5, 0.6) is 0 Å². The highest BCUT2D eigenvalue weighted by molar-refractivity contribution is 7.99. The molecule has 1 fully saturated rings. The fraction of sp³-hybridized carbons (Fsp3) is 0.250. The van der Waals surface area contributed by atoms with Gasteiger partial charge in [0.1, 0.15) is 0 Å². The number of aryl methyl sites for hydroxylation is 2. The lowest BCUT2D eigenvalue weighted by Crippen LogP contribution is -2.26. The summed E-state index contributed by atoms with van der Waals surface area (Å²) in [6.07, 6.45) is 0. The second-order valence-electron chi connectivity index (χ2n) is 5.01. The summed E-state index contributed by atoms with van der Waals surface area (Å²) in [5, 5.41) is 0.624. The van der Waals surface area contributed by atoms with Gasteiger partial charge in [0, 0.05) is 0 Å². The van der Waals surface area contributed by atoms with Crippen molar-refractivity contribution in [3.63, 3.8) is 0 Å². The molecule has 0 amide bonds. The van der Waals surface area contributed by atoms with E-state index in [1.807, 2.05) is 11.8 Å². The number of thioether (sulfide) groups is 1. The van der Waals surface area contributed by atoms with Crippen LogP contribution in [0.25, 0.3) is 0 Å². The van der Waals surface area contributed by atoms with Gasteiger partial charge in [0.15, 0.2) is 0 Å². The molecule has 19 heavy (non-hydrogen) atoms. The van der Waals surface area contributed by atoms with Gasteiger partial charge in [0.05, 0.1) is 10.7 Å². The average molecular weight is 270 g/mol. The molecule has 0 aromatic heterocycles. The molecule has 3 heteroatoms. The molecule has 2 nitrogen and oxygen atoms in total. The first-order valence-electron chi connectivity index (χ1n) is 6.52. The van der Waals surface area contributed by atoms with E-state index in [9.17, 15) is 0 Å². The highest BCUT2D eigenvalue weighted by atomic mass is 32.2. The lowest BCUT2D eigenvalue weighted by Gasteiger charge is -2.10. The van der Waals surface area contributed by atoms with Gasteiger partial charge in [-0.05, 0) is 25.0 Å². The topological polar surface area (TPSA) is 24.1 Å². The molecule has 2 unspecified atom stereocenters. The summed E-state index contributed by atoms with van der Waals surface area (Å²) in [7, 11) is 0. The third-order valence-electron chi connectivity index (χ3n) is 3.38. The highest BCUT2D eigenvalue weighted by Crippen LogP contribution is 2.40. The normalized spacial score (nSPS) is 22.6. The number of hydrogen-bond donors (Lipinski definition) is 2. The Balaban J connectivity index is 1.73.